The SMILES string of the molecule is [NH]c1cc2ncccc2cn1. The summed E-state index contributed by atoms with van der Waals surface area (Å²) in [6.45, 7) is 0. The second-order valence-electron chi connectivity index (χ2n) is 2.27. The molecule has 0 spiro atoms. The zero-order valence-corrected chi connectivity index (χ0v) is 5.78. The van der Waals surface area contributed by atoms with Crippen LogP contribution in [0.2, 0.25) is 0 Å². The third kappa shape index (κ3) is 1.00. The van der Waals surface area contributed by atoms with Crippen molar-refractivity contribution in [2.24, 2.45) is 0 Å². The summed E-state index contributed by atoms with van der Waals surface area (Å²) in [5, 5.41) is 0.975. The maximum atomic E-state index is 7.23. The van der Waals surface area contributed by atoms with Gasteiger partial charge in [-0.25, -0.2) is 4.98 Å². The minimum Gasteiger partial charge on any atom is -0.283 e. The maximum Gasteiger partial charge on any atom is 0.146 e. The van der Waals surface area contributed by atoms with Gasteiger partial charge in [0.25, 0.3) is 0 Å². The number of pyridine rings is 2. The molecule has 0 fully saturated rings. The summed E-state index contributed by atoms with van der Waals surface area (Å²) in [7, 11) is 0. The molecule has 0 amide bonds. The van der Waals surface area contributed by atoms with E-state index in [9.17, 15) is 0 Å². The number of fused-ring (bicyclic) bond motifs is 1. The fraction of sp³-hybridized carbons (Fsp3) is 0. The molecule has 0 aliphatic heterocycles. The lowest BCUT2D eigenvalue weighted by atomic mass is 10.3. The Morgan fingerprint density at radius 2 is 2.18 bits per heavy atom. The van der Waals surface area contributed by atoms with Gasteiger partial charge in [-0.15, -0.1) is 0 Å². The van der Waals surface area contributed by atoms with E-state index in [4.69, 9.17) is 5.73 Å². The molecule has 2 aromatic heterocycles. The molecule has 3 nitrogen and oxygen atoms in total. The molecule has 11 heavy (non-hydrogen) atoms. The van der Waals surface area contributed by atoms with Gasteiger partial charge in [0.05, 0.1) is 5.52 Å². The van der Waals surface area contributed by atoms with E-state index in [1.807, 2.05) is 12.1 Å². The van der Waals surface area contributed by atoms with E-state index in [2.05, 4.69) is 9.97 Å². The maximum absolute atomic E-state index is 7.23. The van der Waals surface area contributed by atoms with Crippen molar-refractivity contribution in [2.45, 2.75) is 0 Å². The molecule has 0 aromatic carbocycles. The van der Waals surface area contributed by atoms with Gasteiger partial charge in [0.15, 0.2) is 0 Å². The quantitative estimate of drug-likeness (QED) is 0.563. The molecule has 2 aromatic rings. The lowest BCUT2D eigenvalue weighted by Crippen LogP contribution is -1.80. The van der Waals surface area contributed by atoms with Crippen molar-refractivity contribution in [2.75, 3.05) is 0 Å². The topological polar surface area (TPSA) is 49.6 Å². The molecule has 1 N–H and O–H groups in total. The summed E-state index contributed by atoms with van der Waals surface area (Å²) >= 11 is 0. The summed E-state index contributed by atoms with van der Waals surface area (Å²) in [6, 6.07) is 5.43. The fourth-order valence-corrected chi connectivity index (χ4v) is 0.966. The van der Waals surface area contributed by atoms with Crippen LogP contribution in [0, 0.1) is 0 Å². The number of aromatic nitrogens is 2. The molecule has 0 aliphatic carbocycles. The molecule has 53 valence electrons. The highest BCUT2D eigenvalue weighted by molar-refractivity contribution is 5.78. The van der Waals surface area contributed by atoms with Crippen LogP contribution in [0.25, 0.3) is 10.9 Å². The van der Waals surface area contributed by atoms with E-state index in [-0.39, 0.29) is 5.82 Å². The molecule has 0 saturated heterocycles. The second kappa shape index (κ2) is 2.20. The van der Waals surface area contributed by atoms with Gasteiger partial charge in [0.2, 0.25) is 0 Å². The van der Waals surface area contributed by atoms with Gasteiger partial charge in [-0.3, -0.25) is 10.7 Å². The average molecular weight is 144 g/mol. The summed E-state index contributed by atoms with van der Waals surface area (Å²) in [6.07, 6.45) is 3.37. The molecule has 1 radical (unpaired) electrons. The molecular weight excluding hydrogens is 138 g/mol. The first-order valence-corrected chi connectivity index (χ1v) is 3.28. The van der Waals surface area contributed by atoms with E-state index in [1.54, 1.807) is 18.5 Å². The highest BCUT2D eigenvalue weighted by Gasteiger charge is 1.93. The van der Waals surface area contributed by atoms with Crippen LogP contribution in [0.4, 0.5) is 5.82 Å². The summed E-state index contributed by atoms with van der Waals surface area (Å²) in [4.78, 5) is 7.92. The lowest BCUT2D eigenvalue weighted by Gasteiger charge is -1.94. The van der Waals surface area contributed by atoms with Crippen LogP contribution in [-0.2, 0) is 0 Å². The zero-order valence-electron chi connectivity index (χ0n) is 5.78. The molecule has 0 aliphatic rings. The Balaban J connectivity index is 2.83. The number of rotatable bonds is 0. The van der Waals surface area contributed by atoms with Gasteiger partial charge in [0, 0.05) is 23.8 Å². The Hall–Kier alpha value is -1.64. The Bertz CT molecular complexity index is 384. The molecule has 3 heteroatoms. The Labute approximate surface area is 63.9 Å². The predicted octanol–water partition coefficient (Wildman–Crippen LogP) is 1.54. The first-order chi connectivity index (χ1) is 5.36. The van der Waals surface area contributed by atoms with E-state index >= 15 is 0 Å². The smallest absolute Gasteiger partial charge is 0.146 e. The average Bonchev–Trinajstić information content (AvgIpc) is 2.04. The van der Waals surface area contributed by atoms with Crippen LogP contribution < -0.4 is 5.73 Å². The number of hydrogen-bond donors (Lipinski definition) is 0. The monoisotopic (exact) mass is 144 g/mol. The normalized spacial score (nSPS) is 10.2. The van der Waals surface area contributed by atoms with Crippen molar-refractivity contribution in [3.63, 3.8) is 0 Å². The Morgan fingerprint density at radius 1 is 1.27 bits per heavy atom. The van der Waals surface area contributed by atoms with Crippen LogP contribution in [0.5, 0.6) is 0 Å². The first kappa shape index (κ1) is 6.09. The van der Waals surface area contributed by atoms with Crippen molar-refractivity contribution in [3.05, 3.63) is 30.6 Å². The second-order valence-corrected chi connectivity index (χ2v) is 2.27. The van der Waals surface area contributed by atoms with Crippen molar-refractivity contribution < 1.29 is 0 Å². The van der Waals surface area contributed by atoms with Gasteiger partial charge in [-0.05, 0) is 12.1 Å². The van der Waals surface area contributed by atoms with Crippen LogP contribution in [0.3, 0.4) is 0 Å². The van der Waals surface area contributed by atoms with Crippen LogP contribution in [0.15, 0.2) is 30.6 Å². The van der Waals surface area contributed by atoms with Crippen LogP contribution >= 0.6 is 0 Å². The number of nitrogens with one attached hydrogen (secondary N) is 1. The fourth-order valence-electron chi connectivity index (χ4n) is 0.966. The van der Waals surface area contributed by atoms with Gasteiger partial charge in [-0.2, -0.15) is 0 Å². The third-order valence-electron chi connectivity index (χ3n) is 1.49. The number of nitrogens with zero attached hydrogens (tertiary/aromatic N) is 2. The minimum atomic E-state index is 0.260. The van der Waals surface area contributed by atoms with Gasteiger partial charge in [-0.1, -0.05) is 0 Å². The van der Waals surface area contributed by atoms with Crippen molar-refractivity contribution in [1.82, 2.24) is 15.7 Å². The largest absolute Gasteiger partial charge is 0.283 e. The summed E-state index contributed by atoms with van der Waals surface area (Å²) < 4.78 is 0. The Morgan fingerprint density at radius 3 is 3.09 bits per heavy atom. The van der Waals surface area contributed by atoms with Crippen LogP contribution in [0.1, 0.15) is 0 Å². The van der Waals surface area contributed by atoms with Crippen molar-refractivity contribution in [3.8, 4) is 0 Å². The predicted molar refractivity (Wildman–Crippen MR) is 42.3 cm³/mol. The lowest BCUT2D eigenvalue weighted by molar-refractivity contribution is 1.26. The third-order valence-corrected chi connectivity index (χ3v) is 1.49. The minimum absolute atomic E-state index is 0.260. The Kier molecular flexibility index (Phi) is 1.22. The van der Waals surface area contributed by atoms with Crippen LogP contribution in [-0.4, -0.2) is 9.97 Å². The van der Waals surface area contributed by atoms with E-state index in [0.717, 1.165) is 10.9 Å². The van der Waals surface area contributed by atoms with E-state index in [0.29, 0.717) is 0 Å². The summed E-state index contributed by atoms with van der Waals surface area (Å²) in [5.74, 6) is 0.260. The van der Waals surface area contributed by atoms with E-state index < -0.39 is 0 Å². The van der Waals surface area contributed by atoms with Gasteiger partial charge in [0.1, 0.15) is 5.82 Å². The highest BCUT2D eigenvalue weighted by atomic mass is 14.8. The molecule has 0 unspecified atom stereocenters. The molecule has 2 heterocycles. The molecule has 0 bridgehead atoms. The highest BCUT2D eigenvalue weighted by Crippen LogP contribution is 2.11. The zero-order chi connectivity index (χ0) is 7.68. The molecule has 0 atom stereocenters. The standard InChI is InChI=1S/C8H6N3/c9-8-4-7-6(5-11-8)2-1-3-10-7/h1-5,9H. The van der Waals surface area contributed by atoms with Gasteiger partial charge >= 0.3 is 0 Å². The van der Waals surface area contributed by atoms with Crippen molar-refractivity contribution in [1.29, 1.82) is 0 Å². The molecular formula is C8H6N3. The first-order valence-electron chi connectivity index (χ1n) is 3.28. The summed E-state index contributed by atoms with van der Waals surface area (Å²) in [5.41, 5.74) is 8.05. The van der Waals surface area contributed by atoms with Crippen molar-refractivity contribution >= 4 is 16.7 Å². The molecule has 2 rings (SSSR count). The van der Waals surface area contributed by atoms with Gasteiger partial charge < -0.3 is 0 Å². The molecule has 0 saturated carbocycles. The number of hydrogen-bond acceptors (Lipinski definition) is 2. The van der Waals surface area contributed by atoms with E-state index in [1.165, 1.54) is 0 Å².